The van der Waals surface area contributed by atoms with Crippen LogP contribution in [-0.2, 0) is 9.53 Å². The van der Waals surface area contributed by atoms with Crippen molar-refractivity contribution in [2.75, 3.05) is 6.61 Å². The van der Waals surface area contributed by atoms with Crippen LogP contribution in [0.1, 0.15) is 0 Å². The van der Waals surface area contributed by atoms with Gasteiger partial charge in [-0.2, -0.15) is 0 Å². The first kappa shape index (κ1) is 8.61. The molecule has 5 heteroatoms. The van der Waals surface area contributed by atoms with E-state index in [0.717, 1.165) is 0 Å². The van der Waals surface area contributed by atoms with Crippen molar-refractivity contribution in [3.8, 4) is 0 Å². The molecule has 1 saturated heterocycles. The minimum absolute atomic E-state index is 0.0351. The fourth-order valence-electron chi connectivity index (χ4n) is 1.04. The maximum atomic E-state index is 10.1. The molecule has 0 aromatic rings. The lowest BCUT2D eigenvalue weighted by atomic mass is 10.1. The second kappa shape index (κ2) is 3.27. The average molecular weight is 161 g/mol. The largest absolute Gasteiger partial charge is 0.388 e. The summed E-state index contributed by atoms with van der Waals surface area (Å²) in [6.45, 7) is 0.0351. The van der Waals surface area contributed by atoms with Gasteiger partial charge in [-0.1, -0.05) is 0 Å². The number of aliphatic hydroxyl groups is 2. The van der Waals surface area contributed by atoms with E-state index in [-0.39, 0.29) is 6.61 Å². The lowest BCUT2D eigenvalue weighted by Crippen LogP contribution is -2.44. The first-order chi connectivity index (χ1) is 5.16. The molecule has 64 valence electrons. The molecule has 0 aromatic heterocycles. The molecular formula is C6H11NO4. The van der Waals surface area contributed by atoms with Crippen molar-refractivity contribution in [3.05, 3.63) is 0 Å². The van der Waals surface area contributed by atoms with Crippen LogP contribution in [0.4, 0.5) is 0 Å². The minimum atomic E-state index is -1.05. The number of hydrogen-bond acceptors (Lipinski definition) is 5. The maximum absolute atomic E-state index is 10.1. The van der Waals surface area contributed by atoms with Gasteiger partial charge in [0.15, 0.2) is 0 Å². The van der Waals surface area contributed by atoms with Gasteiger partial charge in [-0.15, -0.1) is 0 Å². The van der Waals surface area contributed by atoms with Gasteiger partial charge >= 0.3 is 0 Å². The summed E-state index contributed by atoms with van der Waals surface area (Å²) >= 11 is 0. The smallest absolute Gasteiger partial charge is 0.139 e. The maximum Gasteiger partial charge on any atom is 0.139 e. The Morgan fingerprint density at radius 1 is 1.64 bits per heavy atom. The van der Waals surface area contributed by atoms with Crippen molar-refractivity contribution in [2.24, 2.45) is 5.73 Å². The van der Waals surface area contributed by atoms with Crippen LogP contribution in [0.2, 0.25) is 0 Å². The van der Waals surface area contributed by atoms with Crippen LogP contribution in [0.15, 0.2) is 0 Å². The van der Waals surface area contributed by atoms with Gasteiger partial charge in [0.1, 0.15) is 24.6 Å². The third-order valence-electron chi connectivity index (χ3n) is 1.73. The van der Waals surface area contributed by atoms with E-state index in [1.807, 2.05) is 0 Å². The van der Waals surface area contributed by atoms with E-state index in [4.69, 9.17) is 20.7 Å². The van der Waals surface area contributed by atoms with Crippen LogP contribution in [-0.4, -0.2) is 47.5 Å². The molecule has 1 heterocycles. The predicted octanol–water partition coefficient (Wildman–Crippen LogP) is -2.37. The van der Waals surface area contributed by atoms with E-state index in [1.165, 1.54) is 0 Å². The molecule has 5 nitrogen and oxygen atoms in total. The number of aldehydes is 1. The molecular weight excluding hydrogens is 150 g/mol. The molecule has 0 amide bonds. The van der Waals surface area contributed by atoms with Gasteiger partial charge in [-0.25, -0.2) is 0 Å². The van der Waals surface area contributed by atoms with Crippen molar-refractivity contribution in [2.45, 2.75) is 24.4 Å². The first-order valence-electron chi connectivity index (χ1n) is 3.35. The molecule has 0 aliphatic carbocycles. The second-order valence-corrected chi connectivity index (χ2v) is 2.57. The molecule has 4 unspecified atom stereocenters. The number of nitrogens with two attached hydrogens (primary N) is 1. The van der Waals surface area contributed by atoms with E-state index in [1.54, 1.807) is 0 Å². The van der Waals surface area contributed by atoms with Crippen molar-refractivity contribution in [1.29, 1.82) is 0 Å². The van der Waals surface area contributed by atoms with Gasteiger partial charge in [0.2, 0.25) is 0 Å². The predicted molar refractivity (Wildman–Crippen MR) is 35.8 cm³/mol. The molecule has 1 rings (SSSR count). The molecule has 0 aromatic carbocycles. The molecule has 0 radical (unpaired) electrons. The SMILES string of the molecule is NC(C=O)C1OCC(O)C1O. The Bertz CT molecular complexity index is 152. The Morgan fingerprint density at radius 2 is 2.27 bits per heavy atom. The van der Waals surface area contributed by atoms with Crippen LogP contribution in [0.25, 0.3) is 0 Å². The molecule has 1 aliphatic rings. The zero-order chi connectivity index (χ0) is 8.43. The third-order valence-corrected chi connectivity index (χ3v) is 1.73. The Balaban J connectivity index is 2.54. The molecule has 0 spiro atoms. The monoisotopic (exact) mass is 161 g/mol. The molecule has 0 saturated carbocycles. The summed E-state index contributed by atoms with van der Waals surface area (Å²) in [5.74, 6) is 0. The van der Waals surface area contributed by atoms with Crippen molar-refractivity contribution in [3.63, 3.8) is 0 Å². The summed E-state index contributed by atoms with van der Waals surface area (Å²) in [5, 5.41) is 18.1. The number of rotatable bonds is 2. The number of carbonyl (C=O) groups is 1. The Hall–Kier alpha value is -0.490. The topological polar surface area (TPSA) is 92.8 Å². The van der Waals surface area contributed by atoms with Crippen molar-refractivity contribution < 1.29 is 19.7 Å². The zero-order valence-electron chi connectivity index (χ0n) is 5.88. The fourth-order valence-corrected chi connectivity index (χ4v) is 1.04. The van der Waals surface area contributed by atoms with Crippen LogP contribution in [0.5, 0.6) is 0 Å². The lowest BCUT2D eigenvalue weighted by molar-refractivity contribution is -0.112. The van der Waals surface area contributed by atoms with Crippen LogP contribution >= 0.6 is 0 Å². The second-order valence-electron chi connectivity index (χ2n) is 2.57. The molecule has 11 heavy (non-hydrogen) atoms. The summed E-state index contributed by atoms with van der Waals surface area (Å²) < 4.78 is 4.87. The highest BCUT2D eigenvalue weighted by Crippen LogP contribution is 2.15. The van der Waals surface area contributed by atoms with E-state index < -0.39 is 24.4 Å². The summed E-state index contributed by atoms with van der Waals surface area (Å²) in [4.78, 5) is 10.1. The van der Waals surface area contributed by atoms with E-state index in [2.05, 4.69) is 0 Å². The highest BCUT2D eigenvalue weighted by Gasteiger charge is 2.38. The van der Waals surface area contributed by atoms with Gasteiger partial charge in [-0.3, -0.25) is 0 Å². The standard InChI is InChI=1S/C6H11NO4/c7-3(1-8)6-5(10)4(9)2-11-6/h1,3-6,9-10H,2,7H2. The number of hydrogen-bond donors (Lipinski definition) is 3. The average Bonchev–Trinajstić information content (AvgIpc) is 2.32. The van der Waals surface area contributed by atoms with Gasteiger partial charge < -0.3 is 25.5 Å². The van der Waals surface area contributed by atoms with Gasteiger partial charge in [0.25, 0.3) is 0 Å². The molecule has 4 N–H and O–H groups in total. The minimum Gasteiger partial charge on any atom is -0.388 e. The third kappa shape index (κ3) is 1.57. The van der Waals surface area contributed by atoms with E-state index >= 15 is 0 Å². The number of ether oxygens (including phenoxy) is 1. The fraction of sp³-hybridized carbons (Fsp3) is 0.833. The van der Waals surface area contributed by atoms with Gasteiger partial charge in [0, 0.05) is 0 Å². The van der Waals surface area contributed by atoms with Crippen LogP contribution in [0.3, 0.4) is 0 Å². The summed E-state index contributed by atoms with van der Waals surface area (Å²) in [6.07, 6.45) is -2.24. The molecule has 1 aliphatic heterocycles. The summed E-state index contributed by atoms with van der Waals surface area (Å²) in [7, 11) is 0. The number of aliphatic hydroxyl groups excluding tert-OH is 2. The van der Waals surface area contributed by atoms with Gasteiger partial charge in [0.05, 0.1) is 12.6 Å². The highest BCUT2D eigenvalue weighted by molar-refractivity contribution is 5.58. The normalized spacial score (nSPS) is 40.5. The molecule has 1 fully saturated rings. The van der Waals surface area contributed by atoms with E-state index in [0.29, 0.717) is 6.29 Å². The Kier molecular flexibility index (Phi) is 2.56. The van der Waals surface area contributed by atoms with Crippen LogP contribution < -0.4 is 5.73 Å². The van der Waals surface area contributed by atoms with E-state index in [9.17, 15) is 4.79 Å². The zero-order valence-corrected chi connectivity index (χ0v) is 5.88. The molecule has 0 bridgehead atoms. The Morgan fingerprint density at radius 3 is 2.64 bits per heavy atom. The summed E-state index contributed by atoms with van der Waals surface area (Å²) in [6, 6.07) is -0.859. The van der Waals surface area contributed by atoms with Gasteiger partial charge in [-0.05, 0) is 0 Å². The summed E-state index contributed by atoms with van der Waals surface area (Å²) in [5.41, 5.74) is 5.27. The quantitative estimate of drug-likeness (QED) is 0.394. The highest BCUT2D eigenvalue weighted by atomic mass is 16.5. The molecule has 4 atom stereocenters. The van der Waals surface area contributed by atoms with Crippen molar-refractivity contribution >= 4 is 6.29 Å². The van der Waals surface area contributed by atoms with Crippen LogP contribution in [0, 0.1) is 0 Å². The lowest BCUT2D eigenvalue weighted by Gasteiger charge is -2.16. The van der Waals surface area contributed by atoms with Crippen molar-refractivity contribution in [1.82, 2.24) is 0 Å². The first-order valence-corrected chi connectivity index (χ1v) is 3.35. The number of carbonyl (C=O) groups excluding carboxylic acids is 1. The Labute approximate surface area is 63.8 Å².